The van der Waals surface area contributed by atoms with Crippen LogP contribution >= 0.6 is 70.7 Å². The van der Waals surface area contributed by atoms with Crippen LogP contribution in [0.1, 0.15) is 16.5 Å². The summed E-state index contributed by atoms with van der Waals surface area (Å²) >= 11 is 18.2. The summed E-state index contributed by atoms with van der Waals surface area (Å²) < 4.78 is 15.7. The largest absolute Gasteiger partial charge is 0.207 e. The molecule has 0 N–H and O–H groups in total. The molecule has 6 heteroatoms. The molecule has 0 spiro atoms. The summed E-state index contributed by atoms with van der Waals surface area (Å²) in [7, 11) is 0. The summed E-state index contributed by atoms with van der Waals surface area (Å²) in [6.45, 7) is 0. The van der Waals surface area contributed by atoms with Gasteiger partial charge in [-0.3, -0.25) is 0 Å². The maximum atomic E-state index is 13.0. The average molecular weight is 463 g/mol. The zero-order chi connectivity index (χ0) is 12.6. The van der Waals surface area contributed by atoms with Crippen LogP contribution in [0, 0.1) is 5.82 Å². The molecule has 0 nitrogen and oxygen atoms in total. The highest BCUT2D eigenvalue weighted by Crippen LogP contribution is 2.42. The van der Waals surface area contributed by atoms with E-state index >= 15 is 0 Å². The van der Waals surface area contributed by atoms with Crippen molar-refractivity contribution in [2.24, 2.45) is 0 Å². The highest BCUT2D eigenvalue weighted by molar-refractivity contribution is 9.12. The summed E-state index contributed by atoms with van der Waals surface area (Å²) in [4.78, 5) is 0. The third-order valence-electron chi connectivity index (χ3n) is 2.19. The number of alkyl halides is 1. The Morgan fingerprint density at radius 1 is 1.12 bits per heavy atom. The van der Waals surface area contributed by atoms with Crippen LogP contribution in [0.2, 0.25) is 0 Å². The van der Waals surface area contributed by atoms with E-state index in [-0.39, 0.29) is 11.2 Å². The molecule has 0 aliphatic carbocycles. The summed E-state index contributed by atoms with van der Waals surface area (Å²) in [5, 5.41) is -0.318. The molecule has 90 valence electrons. The molecule has 0 saturated carbocycles. The van der Waals surface area contributed by atoms with Crippen LogP contribution in [0.25, 0.3) is 0 Å². The Kier molecular flexibility index (Phi) is 4.69. The fraction of sp³-hybridized carbons (Fsp3) is 0.0909. The highest BCUT2D eigenvalue weighted by Gasteiger charge is 2.19. The molecule has 1 unspecified atom stereocenters. The van der Waals surface area contributed by atoms with E-state index in [2.05, 4.69) is 47.8 Å². The van der Waals surface area contributed by atoms with Gasteiger partial charge >= 0.3 is 0 Å². The molecule has 1 atom stereocenters. The van der Waals surface area contributed by atoms with E-state index in [4.69, 9.17) is 11.6 Å². The lowest BCUT2D eigenvalue weighted by Crippen LogP contribution is -1.94. The van der Waals surface area contributed by atoms with Gasteiger partial charge in [0.2, 0.25) is 0 Å². The van der Waals surface area contributed by atoms with Gasteiger partial charge in [0.15, 0.2) is 0 Å². The second-order valence-electron chi connectivity index (χ2n) is 3.31. The van der Waals surface area contributed by atoms with Crippen molar-refractivity contribution in [2.45, 2.75) is 5.38 Å². The van der Waals surface area contributed by atoms with E-state index < -0.39 is 0 Å². The maximum absolute atomic E-state index is 13.0. The van der Waals surface area contributed by atoms with Crippen molar-refractivity contribution >= 4 is 70.7 Å². The third-order valence-corrected chi connectivity index (χ3v) is 5.73. The van der Waals surface area contributed by atoms with E-state index in [1.54, 1.807) is 17.4 Å². The van der Waals surface area contributed by atoms with Gasteiger partial charge in [0, 0.05) is 10.0 Å². The number of benzene rings is 1. The van der Waals surface area contributed by atoms with Crippen molar-refractivity contribution in [3.05, 3.63) is 53.3 Å². The highest BCUT2D eigenvalue weighted by atomic mass is 79.9. The molecule has 0 bridgehead atoms. The van der Waals surface area contributed by atoms with E-state index in [0.29, 0.717) is 4.47 Å². The first kappa shape index (κ1) is 14.0. The van der Waals surface area contributed by atoms with E-state index in [1.165, 1.54) is 12.1 Å². The molecular formula is C11H5Br3ClFS. The Morgan fingerprint density at radius 3 is 2.35 bits per heavy atom. The minimum absolute atomic E-state index is 0.282. The zero-order valence-electron chi connectivity index (χ0n) is 8.18. The first-order chi connectivity index (χ1) is 7.99. The molecule has 2 aromatic rings. The van der Waals surface area contributed by atoms with Gasteiger partial charge in [0.1, 0.15) is 5.82 Å². The van der Waals surface area contributed by atoms with Crippen LogP contribution in [0.4, 0.5) is 4.39 Å². The Hall–Kier alpha value is 0.580. The van der Waals surface area contributed by atoms with Crippen molar-refractivity contribution < 1.29 is 4.39 Å². The predicted molar refractivity (Wildman–Crippen MR) is 81.5 cm³/mol. The summed E-state index contributed by atoms with van der Waals surface area (Å²) in [5.41, 5.74) is 1.81. The number of hydrogen-bond acceptors (Lipinski definition) is 1. The standard InChI is InChI=1S/C11H5Br3ClFS/c12-8-3-5(16)1-2-6(8)10(15)7-4-9(13)17-11(7)14/h1-4,10H. The molecule has 17 heavy (non-hydrogen) atoms. The molecule has 0 aliphatic rings. The average Bonchev–Trinajstić information content (AvgIpc) is 2.57. The van der Waals surface area contributed by atoms with Crippen molar-refractivity contribution in [3.63, 3.8) is 0 Å². The monoisotopic (exact) mass is 460 g/mol. The Labute approximate surface area is 133 Å². The van der Waals surface area contributed by atoms with E-state index in [0.717, 1.165) is 18.7 Å². The van der Waals surface area contributed by atoms with Gasteiger partial charge in [-0.1, -0.05) is 22.0 Å². The normalized spacial score (nSPS) is 12.8. The van der Waals surface area contributed by atoms with Gasteiger partial charge in [-0.25, -0.2) is 4.39 Å². The van der Waals surface area contributed by atoms with Crippen LogP contribution in [0.5, 0.6) is 0 Å². The second kappa shape index (κ2) is 5.70. The summed E-state index contributed by atoms with van der Waals surface area (Å²) in [6, 6.07) is 6.47. The van der Waals surface area contributed by atoms with Crippen molar-refractivity contribution in [1.82, 2.24) is 0 Å². The molecule has 1 aromatic carbocycles. The summed E-state index contributed by atoms with van der Waals surface area (Å²) in [5.74, 6) is -0.282. The minimum atomic E-state index is -0.318. The Balaban J connectivity index is 2.43. The molecule has 0 fully saturated rings. The van der Waals surface area contributed by atoms with Crippen LogP contribution in [-0.2, 0) is 0 Å². The van der Waals surface area contributed by atoms with Crippen molar-refractivity contribution in [3.8, 4) is 0 Å². The van der Waals surface area contributed by atoms with Crippen molar-refractivity contribution in [1.29, 1.82) is 0 Å². The lowest BCUT2D eigenvalue weighted by Gasteiger charge is -2.11. The number of hydrogen-bond donors (Lipinski definition) is 0. The fourth-order valence-electron chi connectivity index (χ4n) is 1.40. The van der Waals surface area contributed by atoms with E-state index in [1.807, 2.05) is 6.07 Å². The van der Waals surface area contributed by atoms with Gasteiger partial charge in [-0.2, -0.15) is 0 Å². The number of rotatable bonds is 2. The third kappa shape index (κ3) is 3.13. The minimum Gasteiger partial charge on any atom is -0.207 e. The van der Waals surface area contributed by atoms with Crippen LogP contribution in [0.3, 0.4) is 0 Å². The molecule has 0 aliphatic heterocycles. The van der Waals surface area contributed by atoms with Crippen molar-refractivity contribution in [2.75, 3.05) is 0 Å². The zero-order valence-corrected chi connectivity index (χ0v) is 14.5. The molecule has 1 heterocycles. The molecule has 0 amide bonds. The van der Waals surface area contributed by atoms with Crippen LogP contribution in [0.15, 0.2) is 36.3 Å². The Morgan fingerprint density at radius 2 is 1.82 bits per heavy atom. The van der Waals surface area contributed by atoms with Gasteiger partial charge in [-0.05, 0) is 55.6 Å². The second-order valence-corrected chi connectivity index (χ2v) is 8.35. The van der Waals surface area contributed by atoms with Gasteiger partial charge in [0.25, 0.3) is 0 Å². The Bertz CT molecular complexity index is 556. The number of halogens is 5. The first-order valence-electron chi connectivity index (χ1n) is 4.53. The summed E-state index contributed by atoms with van der Waals surface area (Å²) in [6.07, 6.45) is 0. The molecule has 2 rings (SSSR count). The predicted octanol–water partition coefficient (Wildman–Crippen LogP) is 6.50. The van der Waals surface area contributed by atoms with Crippen LogP contribution < -0.4 is 0 Å². The fourth-order valence-corrected chi connectivity index (χ4v) is 5.57. The molecule has 0 saturated heterocycles. The lowest BCUT2D eigenvalue weighted by atomic mass is 10.1. The van der Waals surface area contributed by atoms with Gasteiger partial charge in [0.05, 0.1) is 12.9 Å². The topological polar surface area (TPSA) is 0 Å². The van der Waals surface area contributed by atoms with Gasteiger partial charge < -0.3 is 0 Å². The van der Waals surface area contributed by atoms with E-state index in [9.17, 15) is 4.39 Å². The molecular weight excluding hydrogens is 458 g/mol. The maximum Gasteiger partial charge on any atom is 0.124 e. The van der Waals surface area contributed by atoms with Gasteiger partial charge in [-0.15, -0.1) is 22.9 Å². The lowest BCUT2D eigenvalue weighted by molar-refractivity contribution is 0.626. The van der Waals surface area contributed by atoms with Crippen LogP contribution in [-0.4, -0.2) is 0 Å². The quantitative estimate of drug-likeness (QED) is 0.446. The number of thiophene rings is 1. The SMILES string of the molecule is Fc1ccc(C(Cl)c2cc(Br)sc2Br)c(Br)c1. The smallest absolute Gasteiger partial charge is 0.124 e. The first-order valence-corrected chi connectivity index (χ1v) is 8.16. The molecule has 1 aromatic heterocycles. The molecule has 0 radical (unpaired) electrons.